The number of hydrogen-bond acceptors (Lipinski definition) is 5. The first-order chi connectivity index (χ1) is 9.05. The minimum atomic E-state index is -3.53. The predicted molar refractivity (Wildman–Crippen MR) is 74.2 cm³/mol. The van der Waals surface area contributed by atoms with Gasteiger partial charge in [0.15, 0.2) is 0 Å². The van der Waals surface area contributed by atoms with Crippen molar-refractivity contribution in [1.82, 2.24) is 9.73 Å². The van der Waals surface area contributed by atoms with Crippen LogP contribution in [-0.4, -0.2) is 43.2 Å². The van der Waals surface area contributed by atoms with Crippen molar-refractivity contribution in [3.05, 3.63) is 29.8 Å². The molecule has 1 aliphatic heterocycles. The average Bonchev–Trinajstić information content (AvgIpc) is 2.47. The van der Waals surface area contributed by atoms with Crippen LogP contribution in [0.2, 0.25) is 0 Å². The number of nitrogens with two attached hydrogens (primary N) is 1. The third-order valence-corrected chi connectivity index (χ3v) is 5.67. The number of carbonyl (C=O) groups excluding carboxylic acids is 1. The highest BCUT2D eigenvalue weighted by Crippen LogP contribution is 2.20. The van der Waals surface area contributed by atoms with Crippen LogP contribution in [0.3, 0.4) is 0 Å². The monoisotopic (exact) mass is 301 g/mol. The maximum atomic E-state index is 12.4. The number of benzene rings is 1. The van der Waals surface area contributed by atoms with Gasteiger partial charge in [-0.05, 0) is 18.2 Å². The van der Waals surface area contributed by atoms with E-state index in [-0.39, 0.29) is 10.5 Å². The zero-order valence-electron chi connectivity index (χ0n) is 10.2. The van der Waals surface area contributed by atoms with E-state index < -0.39 is 15.9 Å². The van der Waals surface area contributed by atoms with Gasteiger partial charge in [-0.1, -0.05) is 6.07 Å². The Morgan fingerprint density at radius 2 is 2.00 bits per heavy atom. The van der Waals surface area contributed by atoms with Crippen molar-refractivity contribution in [1.29, 1.82) is 0 Å². The highest BCUT2D eigenvalue weighted by molar-refractivity contribution is 7.99. The van der Waals surface area contributed by atoms with Crippen molar-refractivity contribution in [2.75, 3.05) is 24.6 Å². The summed E-state index contributed by atoms with van der Waals surface area (Å²) in [5, 5.41) is 0. The molecule has 1 aromatic carbocycles. The Bertz CT molecular complexity index is 568. The van der Waals surface area contributed by atoms with Gasteiger partial charge >= 0.3 is 0 Å². The van der Waals surface area contributed by atoms with E-state index in [2.05, 4.69) is 0 Å². The summed E-state index contributed by atoms with van der Waals surface area (Å²) >= 11 is 1.73. The maximum Gasteiger partial charge on any atom is 0.265 e. The summed E-state index contributed by atoms with van der Waals surface area (Å²) in [5.74, 6) is 6.12. The molecule has 2 rings (SSSR count). The van der Waals surface area contributed by atoms with Crippen molar-refractivity contribution >= 4 is 27.7 Å². The van der Waals surface area contributed by atoms with E-state index in [0.29, 0.717) is 13.1 Å². The SMILES string of the molecule is NNC(=O)c1cccc(S(=O)(=O)N2CCSCC2)c1. The zero-order valence-corrected chi connectivity index (χ0v) is 11.8. The number of rotatable bonds is 3. The molecule has 0 spiro atoms. The average molecular weight is 301 g/mol. The third-order valence-electron chi connectivity index (χ3n) is 2.84. The van der Waals surface area contributed by atoms with Gasteiger partial charge in [0.05, 0.1) is 4.90 Å². The van der Waals surface area contributed by atoms with Gasteiger partial charge in [-0.15, -0.1) is 0 Å². The van der Waals surface area contributed by atoms with Gasteiger partial charge in [0, 0.05) is 30.2 Å². The van der Waals surface area contributed by atoms with Gasteiger partial charge in [0.25, 0.3) is 5.91 Å². The lowest BCUT2D eigenvalue weighted by Gasteiger charge is -2.25. The normalized spacial score (nSPS) is 17.1. The number of thioether (sulfide) groups is 1. The fourth-order valence-corrected chi connectivity index (χ4v) is 4.44. The highest BCUT2D eigenvalue weighted by atomic mass is 32.2. The molecule has 1 fully saturated rings. The third kappa shape index (κ3) is 3.08. The van der Waals surface area contributed by atoms with Gasteiger partial charge in [-0.3, -0.25) is 10.2 Å². The van der Waals surface area contributed by atoms with E-state index in [9.17, 15) is 13.2 Å². The summed E-state index contributed by atoms with van der Waals surface area (Å²) in [7, 11) is -3.53. The summed E-state index contributed by atoms with van der Waals surface area (Å²) in [6, 6.07) is 5.90. The molecule has 1 saturated heterocycles. The molecule has 8 heteroatoms. The van der Waals surface area contributed by atoms with E-state index in [1.807, 2.05) is 5.43 Å². The Morgan fingerprint density at radius 1 is 1.32 bits per heavy atom. The molecule has 19 heavy (non-hydrogen) atoms. The molecule has 0 atom stereocenters. The van der Waals surface area contributed by atoms with Crippen LogP contribution in [0.25, 0.3) is 0 Å². The van der Waals surface area contributed by atoms with Crippen LogP contribution in [0.1, 0.15) is 10.4 Å². The fraction of sp³-hybridized carbons (Fsp3) is 0.364. The summed E-state index contributed by atoms with van der Waals surface area (Å²) in [6.45, 7) is 1.00. The van der Waals surface area contributed by atoms with Crippen LogP contribution in [0, 0.1) is 0 Å². The molecule has 1 amide bonds. The minimum Gasteiger partial charge on any atom is -0.290 e. The quantitative estimate of drug-likeness (QED) is 0.467. The Morgan fingerprint density at radius 3 is 2.63 bits per heavy atom. The van der Waals surface area contributed by atoms with Crippen molar-refractivity contribution in [2.24, 2.45) is 5.84 Å². The molecule has 0 aromatic heterocycles. The van der Waals surface area contributed by atoms with Crippen LogP contribution in [0.4, 0.5) is 0 Å². The van der Waals surface area contributed by atoms with Crippen LogP contribution in [-0.2, 0) is 10.0 Å². The number of carbonyl (C=O) groups is 1. The highest BCUT2D eigenvalue weighted by Gasteiger charge is 2.26. The first-order valence-corrected chi connectivity index (χ1v) is 8.34. The molecule has 0 bridgehead atoms. The number of sulfonamides is 1. The number of nitrogen functional groups attached to an aromatic ring is 1. The molecule has 3 N–H and O–H groups in total. The van der Waals surface area contributed by atoms with Crippen molar-refractivity contribution in [3.63, 3.8) is 0 Å². The minimum absolute atomic E-state index is 0.125. The van der Waals surface area contributed by atoms with Gasteiger partial charge in [0.1, 0.15) is 0 Å². The summed E-state index contributed by atoms with van der Waals surface area (Å²) < 4.78 is 26.3. The molecular formula is C11H15N3O3S2. The molecule has 1 aromatic rings. The molecular weight excluding hydrogens is 286 g/mol. The van der Waals surface area contributed by atoms with Crippen molar-refractivity contribution in [2.45, 2.75) is 4.90 Å². The Labute approximate surface area is 116 Å². The summed E-state index contributed by atoms with van der Waals surface area (Å²) in [6.07, 6.45) is 0. The van der Waals surface area contributed by atoms with Gasteiger partial charge in [-0.2, -0.15) is 16.1 Å². The lowest BCUT2D eigenvalue weighted by Crippen LogP contribution is -2.38. The van der Waals surface area contributed by atoms with Crippen LogP contribution < -0.4 is 11.3 Å². The largest absolute Gasteiger partial charge is 0.290 e. The Hall–Kier alpha value is -1.09. The topological polar surface area (TPSA) is 92.5 Å². The zero-order chi connectivity index (χ0) is 13.9. The van der Waals surface area contributed by atoms with E-state index in [1.165, 1.54) is 28.6 Å². The predicted octanol–water partition coefficient (Wildman–Crippen LogP) is 0.0276. The molecule has 104 valence electrons. The van der Waals surface area contributed by atoms with Gasteiger partial charge in [-0.25, -0.2) is 14.3 Å². The lowest BCUT2D eigenvalue weighted by molar-refractivity contribution is 0.0953. The summed E-state index contributed by atoms with van der Waals surface area (Å²) in [4.78, 5) is 11.5. The molecule has 0 aliphatic carbocycles. The number of hydrazine groups is 1. The van der Waals surface area contributed by atoms with Crippen LogP contribution in [0.15, 0.2) is 29.2 Å². The number of nitrogens with zero attached hydrogens (tertiary/aromatic N) is 1. The van der Waals surface area contributed by atoms with E-state index in [4.69, 9.17) is 5.84 Å². The van der Waals surface area contributed by atoms with Gasteiger partial charge in [0.2, 0.25) is 10.0 Å². The van der Waals surface area contributed by atoms with Crippen LogP contribution in [0.5, 0.6) is 0 Å². The van der Waals surface area contributed by atoms with Crippen LogP contribution >= 0.6 is 11.8 Å². The number of amides is 1. The second-order valence-electron chi connectivity index (χ2n) is 4.02. The first kappa shape index (κ1) is 14.3. The molecule has 0 saturated carbocycles. The molecule has 1 aliphatic rings. The van der Waals surface area contributed by atoms with Crippen molar-refractivity contribution in [3.8, 4) is 0 Å². The first-order valence-electron chi connectivity index (χ1n) is 5.74. The number of nitrogens with one attached hydrogen (secondary N) is 1. The standard InChI is InChI=1S/C11H15N3O3S2/c12-13-11(15)9-2-1-3-10(8-9)19(16,17)14-4-6-18-7-5-14/h1-3,8H,4-7,12H2,(H,13,15). The second-order valence-corrected chi connectivity index (χ2v) is 7.18. The van der Waals surface area contributed by atoms with Crippen molar-refractivity contribution < 1.29 is 13.2 Å². The second kappa shape index (κ2) is 5.91. The van der Waals surface area contributed by atoms with E-state index in [1.54, 1.807) is 11.8 Å². The lowest BCUT2D eigenvalue weighted by atomic mass is 10.2. The Kier molecular flexibility index (Phi) is 4.46. The van der Waals surface area contributed by atoms with E-state index >= 15 is 0 Å². The smallest absolute Gasteiger partial charge is 0.265 e. The summed E-state index contributed by atoms with van der Waals surface area (Å²) in [5.41, 5.74) is 2.22. The molecule has 1 heterocycles. The Balaban J connectivity index is 2.32. The molecule has 0 unspecified atom stereocenters. The number of hydrogen-bond donors (Lipinski definition) is 2. The van der Waals surface area contributed by atoms with Gasteiger partial charge < -0.3 is 0 Å². The molecule has 0 radical (unpaired) electrons. The molecule has 6 nitrogen and oxygen atoms in total. The van der Waals surface area contributed by atoms with E-state index in [0.717, 1.165) is 11.5 Å². The fourth-order valence-electron chi connectivity index (χ4n) is 1.82. The maximum absolute atomic E-state index is 12.4.